The van der Waals surface area contributed by atoms with Crippen molar-refractivity contribution in [3.05, 3.63) is 23.9 Å². The largest absolute Gasteiger partial charge is 0.445 e. The van der Waals surface area contributed by atoms with Crippen molar-refractivity contribution >= 4 is 23.9 Å². The van der Waals surface area contributed by atoms with E-state index in [1.807, 2.05) is 0 Å². The Morgan fingerprint density at radius 2 is 1.78 bits per heavy atom. The number of pyridine rings is 1. The molecule has 0 spiro atoms. The van der Waals surface area contributed by atoms with Gasteiger partial charge in [0.1, 0.15) is 30.6 Å². The smallest absolute Gasteiger partial charge is 0.408 e. The monoisotopic (exact) mass is 524 g/mol. The molecule has 1 aliphatic carbocycles. The number of amides is 3. The number of hydrogen-bond donors (Lipinski definition) is 3. The molecule has 1 atom stereocenters. The Morgan fingerprint density at radius 3 is 2.36 bits per heavy atom. The maximum atomic E-state index is 13.6. The first-order chi connectivity index (χ1) is 16.5. The molecule has 3 N–H and O–H groups in total. The third-order valence-electron chi connectivity index (χ3n) is 5.07. The molecule has 202 valence electrons. The fraction of sp³-hybridized carbons (Fsp3) is 0.636. The molecule has 3 amide bonds. The van der Waals surface area contributed by atoms with Gasteiger partial charge in [0.2, 0.25) is 11.8 Å². The van der Waals surface area contributed by atoms with Crippen LogP contribution in [0.4, 0.5) is 37.4 Å². The zero-order valence-electron chi connectivity index (χ0n) is 20.0. The Labute approximate surface area is 204 Å². The number of alkyl halides is 5. The molecule has 0 aromatic carbocycles. The van der Waals surface area contributed by atoms with Gasteiger partial charge in [-0.05, 0) is 57.2 Å². The Balaban J connectivity index is 2.05. The molecule has 1 aromatic heterocycles. The van der Waals surface area contributed by atoms with Crippen molar-refractivity contribution in [2.24, 2.45) is 5.92 Å². The van der Waals surface area contributed by atoms with Crippen LogP contribution in [-0.2, 0) is 20.9 Å². The van der Waals surface area contributed by atoms with E-state index in [9.17, 15) is 36.3 Å². The minimum atomic E-state index is -4.59. The summed E-state index contributed by atoms with van der Waals surface area (Å²) in [7, 11) is 0. The number of hydrogen-bond acceptors (Lipinski definition) is 6. The lowest BCUT2D eigenvalue weighted by molar-refractivity contribution is -0.124. The van der Waals surface area contributed by atoms with E-state index in [4.69, 9.17) is 9.47 Å². The number of anilines is 1. The quantitative estimate of drug-likeness (QED) is 0.451. The Morgan fingerprint density at radius 1 is 1.14 bits per heavy atom. The van der Waals surface area contributed by atoms with Gasteiger partial charge in [0.05, 0.1) is 0 Å². The minimum Gasteiger partial charge on any atom is -0.445 e. The van der Waals surface area contributed by atoms with Crippen LogP contribution in [0.5, 0.6) is 0 Å². The first kappa shape index (κ1) is 29.0. The number of nitrogens with zero attached hydrogens (tertiary/aromatic N) is 1. The van der Waals surface area contributed by atoms with E-state index < -0.39 is 73.7 Å². The molecule has 1 fully saturated rings. The SMILES string of the molecule is CC(C)(C)OC(=O)N[C@H](C(=O)Nc1cc(COC(=O)NCC(F)(F)F)ccn1)C1CCC(F)(F)CC1. The Bertz CT molecular complexity index is 926. The van der Waals surface area contributed by atoms with Crippen molar-refractivity contribution in [1.29, 1.82) is 0 Å². The Kier molecular flexibility index (Phi) is 9.44. The fourth-order valence-corrected chi connectivity index (χ4v) is 3.44. The second kappa shape index (κ2) is 11.7. The van der Waals surface area contributed by atoms with Crippen molar-refractivity contribution < 1.29 is 45.8 Å². The van der Waals surface area contributed by atoms with Gasteiger partial charge in [-0.2, -0.15) is 13.2 Å². The van der Waals surface area contributed by atoms with E-state index in [0.29, 0.717) is 5.56 Å². The molecule has 0 bridgehead atoms. The summed E-state index contributed by atoms with van der Waals surface area (Å²) >= 11 is 0. The summed E-state index contributed by atoms with van der Waals surface area (Å²) < 4.78 is 73.7. The zero-order chi connectivity index (χ0) is 27.1. The van der Waals surface area contributed by atoms with Crippen LogP contribution in [0.3, 0.4) is 0 Å². The lowest BCUT2D eigenvalue weighted by Crippen LogP contribution is -2.51. The number of halogens is 5. The number of carbonyl (C=O) groups excluding carboxylic acids is 3. The van der Waals surface area contributed by atoms with Gasteiger partial charge < -0.3 is 25.4 Å². The molecular weight excluding hydrogens is 495 g/mol. The second-order valence-electron chi connectivity index (χ2n) is 9.40. The van der Waals surface area contributed by atoms with E-state index in [-0.39, 0.29) is 18.7 Å². The molecule has 36 heavy (non-hydrogen) atoms. The number of aromatic nitrogens is 1. The van der Waals surface area contributed by atoms with Gasteiger partial charge >= 0.3 is 18.4 Å². The summed E-state index contributed by atoms with van der Waals surface area (Å²) in [6.07, 6.45) is -6.38. The second-order valence-corrected chi connectivity index (χ2v) is 9.40. The average Bonchev–Trinajstić information content (AvgIpc) is 2.73. The van der Waals surface area contributed by atoms with Gasteiger partial charge in [0, 0.05) is 19.0 Å². The van der Waals surface area contributed by atoms with Gasteiger partial charge in [-0.25, -0.2) is 23.4 Å². The molecular formula is C22H29F5N4O5. The van der Waals surface area contributed by atoms with E-state index in [1.54, 1.807) is 26.1 Å². The predicted molar refractivity (Wildman–Crippen MR) is 117 cm³/mol. The summed E-state index contributed by atoms with van der Waals surface area (Å²) in [5.74, 6) is -4.15. The summed E-state index contributed by atoms with van der Waals surface area (Å²) in [6, 6.07) is 1.53. The number of alkyl carbamates (subject to hydrolysis) is 2. The maximum absolute atomic E-state index is 13.6. The van der Waals surface area contributed by atoms with Crippen LogP contribution in [0.1, 0.15) is 52.0 Å². The normalized spacial score (nSPS) is 17.0. The molecule has 1 heterocycles. The topological polar surface area (TPSA) is 119 Å². The van der Waals surface area contributed by atoms with Crippen molar-refractivity contribution in [2.75, 3.05) is 11.9 Å². The number of nitrogens with one attached hydrogen (secondary N) is 3. The average molecular weight is 524 g/mol. The van der Waals surface area contributed by atoms with Crippen molar-refractivity contribution in [3.63, 3.8) is 0 Å². The van der Waals surface area contributed by atoms with Gasteiger partial charge in [0.15, 0.2) is 0 Å². The van der Waals surface area contributed by atoms with Crippen molar-refractivity contribution in [2.45, 2.75) is 76.8 Å². The fourth-order valence-electron chi connectivity index (χ4n) is 3.44. The van der Waals surface area contributed by atoms with Gasteiger partial charge in [-0.3, -0.25) is 4.79 Å². The first-order valence-corrected chi connectivity index (χ1v) is 11.1. The van der Waals surface area contributed by atoms with Gasteiger partial charge in [-0.1, -0.05) is 0 Å². The standard InChI is InChI=1S/C22H29F5N4O5/c1-20(2,3)36-19(34)31-16(14-4-7-21(23,24)8-5-14)17(32)30-15-10-13(6-9-28-15)11-35-18(33)29-12-22(25,26)27/h6,9-10,14,16H,4-5,7-8,11-12H2,1-3H3,(H,29,33)(H,31,34)(H,28,30,32)/t16-/m0/s1. The molecule has 0 saturated heterocycles. The first-order valence-electron chi connectivity index (χ1n) is 11.1. The van der Waals surface area contributed by atoms with Crippen LogP contribution in [-0.4, -0.2) is 53.4 Å². The van der Waals surface area contributed by atoms with Crippen molar-refractivity contribution in [3.8, 4) is 0 Å². The molecule has 1 saturated carbocycles. The third-order valence-corrected chi connectivity index (χ3v) is 5.07. The molecule has 0 radical (unpaired) electrons. The summed E-state index contributed by atoms with van der Waals surface area (Å²) in [5.41, 5.74) is -0.552. The summed E-state index contributed by atoms with van der Waals surface area (Å²) in [4.78, 5) is 40.7. The number of carbonyl (C=O) groups is 3. The molecule has 2 rings (SSSR count). The van der Waals surface area contributed by atoms with Gasteiger partial charge in [0.25, 0.3) is 0 Å². The highest BCUT2D eigenvalue weighted by atomic mass is 19.4. The highest BCUT2D eigenvalue weighted by Gasteiger charge is 2.41. The van der Waals surface area contributed by atoms with Crippen LogP contribution >= 0.6 is 0 Å². The summed E-state index contributed by atoms with van der Waals surface area (Å²) in [5, 5.41) is 6.50. The highest BCUT2D eigenvalue weighted by Crippen LogP contribution is 2.37. The van der Waals surface area contributed by atoms with Crippen LogP contribution < -0.4 is 16.0 Å². The summed E-state index contributed by atoms with van der Waals surface area (Å²) in [6.45, 7) is 2.92. The molecule has 9 nitrogen and oxygen atoms in total. The minimum absolute atomic E-state index is 0.00473. The van der Waals surface area contributed by atoms with Crippen LogP contribution in [0, 0.1) is 5.92 Å². The van der Waals surface area contributed by atoms with E-state index in [2.05, 4.69) is 15.6 Å². The highest BCUT2D eigenvalue weighted by molar-refractivity contribution is 5.96. The van der Waals surface area contributed by atoms with Gasteiger partial charge in [-0.15, -0.1) is 0 Å². The Hall–Kier alpha value is -3.19. The molecule has 1 aromatic rings. The predicted octanol–water partition coefficient (Wildman–Crippen LogP) is 4.53. The maximum Gasteiger partial charge on any atom is 0.408 e. The van der Waals surface area contributed by atoms with E-state index >= 15 is 0 Å². The van der Waals surface area contributed by atoms with Crippen LogP contribution in [0.15, 0.2) is 18.3 Å². The molecule has 14 heteroatoms. The van der Waals surface area contributed by atoms with E-state index in [1.165, 1.54) is 18.3 Å². The lowest BCUT2D eigenvalue weighted by Gasteiger charge is -2.33. The van der Waals surface area contributed by atoms with E-state index in [0.717, 1.165) is 0 Å². The lowest BCUT2D eigenvalue weighted by atomic mass is 9.81. The molecule has 0 aliphatic heterocycles. The van der Waals surface area contributed by atoms with Crippen molar-refractivity contribution in [1.82, 2.24) is 15.6 Å². The van der Waals surface area contributed by atoms with Crippen LogP contribution in [0.25, 0.3) is 0 Å². The zero-order valence-corrected chi connectivity index (χ0v) is 20.0. The molecule has 0 unspecified atom stereocenters. The third kappa shape index (κ3) is 10.6. The van der Waals surface area contributed by atoms with Crippen LogP contribution in [0.2, 0.25) is 0 Å². The number of rotatable bonds is 7. The number of ether oxygens (including phenoxy) is 2. The molecule has 1 aliphatic rings.